The van der Waals surface area contributed by atoms with Crippen molar-refractivity contribution in [3.63, 3.8) is 0 Å². The Morgan fingerprint density at radius 3 is 1.90 bits per heavy atom. The molecule has 2 bridgehead atoms. The number of hydrogen-bond acceptors (Lipinski definition) is 0. The first kappa shape index (κ1) is 7.87. The Morgan fingerprint density at radius 1 is 1.10 bits per heavy atom. The van der Waals surface area contributed by atoms with Gasteiger partial charge in [-0.15, -0.1) is 3.54 Å². The molecule has 0 aromatic heterocycles. The molecule has 10 heavy (non-hydrogen) atoms. The zero-order valence-corrected chi connectivity index (χ0v) is 9.41. The van der Waals surface area contributed by atoms with E-state index in [4.69, 9.17) is 0 Å². The van der Waals surface area contributed by atoms with Gasteiger partial charge in [-0.2, -0.15) is 0 Å². The van der Waals surface area contributed by atoms with Crippen molar-refractivity contribution in [3.8, 4) is 0 Å². The van der Waals surface area contributed by atoms with E-state index < -0.39 is 0 Å². The predicted octanol–water partition coefficient (Wildman–Crippen LogP) is 3.14. The van der Waals surface area contributed by atoms with Crippen molar-refractivity contribution >= 4 is 31.1 Å². The second-order valence-corrected chi connectivity index (χ2v) is 7.57. The average molecular weight is 213 g/mol. The molecule has 3 saturated carbocycles. The quantitative estimate of drug-likeness (QED) is 0.587. The number of rotatable bonds is 1. The maximum Gasteiger partial charge on any atom is 0.475 e. The molecule has 0 radical (unpaired) electrons. The molecular weight excluding hydrogens is 200 g/mol. The normalized spacial score (nSPS) is 45.1. The summed E-state index contributed by atoms with van der Waals surface area (Å²) in [5, 5.41) is 0. The van der Waals surface area contributed by atoms with E-state index in [1.54, 1.807) is 38.5 Å². The van der Waals surface area contributed by atoms with Gasteiger partial charge in [-0.25, -0.2) is 0 Å². The van der Waals surface area contributed by atoms with Crippen LogP contribution in [0.25, 0.3) is 0 Å². The van der Waals surface area contributed by atoms with Crippen LogP contribution in [-0.4, -0.2) is 18.2 Å². The van der Waals surface area contributed by atoms with E-state index in [-0.39, 0.29) is 18.2 Å². The van der Waals surface area contributed by atoms with Crippen LogP contribution in [0.3, 0.4) is 0 Å². The lowest BCUT2D eigenvalue weighted by atomic mass is 9.70. The molecule has 3 aliphatic rings. The summed E-state index contributed by atoms with van der Waals surface area (Å²) in [5.74, 6) is 1.13. The van der Waals surface area contributed by atoms with Gasteiger partial charge in [0.1, 0.15) is 0 Å². The van der Waals surface area contributed by atoms with Gasteiger partial charge in [-0.1, -0.05) is 38.5 Å². The van der Waals surface area contributed by atoms with Gasteiger partial charge in [0, 0.05) is 0 Å². The molecule has 3 fully saturated rings. The molecule has 0 unspecified atom stereocenters. The van der Waals surface area contributed by atoms with Crippen LogP contribution in [0, 0.1) is 5.92 Å². The van der Waals surface area contributed by atoms with Gasteiger partial charge in [-0.05, 0) is 5.92 Å². The maximum atomic E-state index is 3.79. The lowest BCUT2D eigenvalue weighted by Crippen LogP contribution is -2.30. The fraction of sp³-hybridized carbons (Fsp3) is 1.00. The summed E-state index contributed by atoms with van der Waals surface area (Å²) in [7, 11) is 0. The Hall–Kier alpha value is 1.25. The van der Waals surface area contributed by atoms with Crippen molar-refractivity contribution in [3.05, 3.63) is 0 Å². The third kappa shape index (κ3) is 1.27. The van der Waals surface area contributed by atoms with Crippen LogP contribution in [0.1, 0.15) is 38.5 Å². The van der Waals surface area contributed by atoms with Crippen molar-refractivity contribution in [2.45, 2.75) is 42.1 Å². The van der Waals surface area contributed by atoms with Gasteiger partial charge >= 0.3 is 18.2 Å². The van der Waals surface area contributed by atoms with Crippen LogP contribution in [0.2, 0.25) is 3.54 Å². The van der Waals surface area contributed by atoms with Gasteiger partial charge in [0.05, 0.1) is 0 Å². The fourth-order valence-electron chi connectivity index (χ4n) is 2.54. The van der Waals surface area contributed by atoms with E-state index in [1.807, 2.05) is 0 Å². The number of halogens is 1. The molecule has 0 spiro atoms. The van der Waals surface area contributed by atoms with Crippen molar-refractivity contribution < 1.29 is 0 Å². The summed E-state index contributed by atoms with van der Waals surface area (Å²) in [6.45, 7) is 0. The summed E-state index contributed by atoms with van der Waals surface area (Å²) >= 11 is 3.90. The summed E-state index contributed by atoms with van der Waals surface area (Å²) in [5.41, 5.74) is 0. The van der Waals surface area contributed by atoms with Crippen molar-refractivity contribution in [1.29, 1.82) is 0 Å². The predicted molar refractivity (Wildman–Crippen MR) is 48.6 cm³/mol. The highest BCUT2D eigenvalue weighted by Crippen LogP contribution is 2.55. The molecule has 0 saturated heterocycles. The Labute approximate surface area is 78.7 Å². The highest BCUT2D eigenvalue weighted by atomic mass is 79.9. The minimum Gasteiger partial charge on any atom is -0.306 e. The van der Waals surface area contributed by atoms with Gasteiger partial charge < -0.3 is 12.9 Å². The van der Waals surface area contributed by atoms with E-state index >= 15 is 0 Å². The molecular formula is C8H13BrMg. The van der Waals surface area contributed by atoms with Crippen molar-refractivity contribution in [2.75, 3.05) is 0 Å². The SMILES string of the molecule is [Br][Mg][C]12CCC(CC1)CC2. The highest BCUT2D eigenvalue weighted by Gasteiger charge is 2.39. The Kier molecular flexibility index (Phi) is 2.32. The number of hydrogen-bond donors (Lipinski definition) is 0. The second kappa shape index (κ2) is 2.95. The molecule has 0 N–H and O–H groups in total. The first-order valence-electron chi connectivity index (χ1n) is 4.41. The Morgan fingerprint density at radius 2 is 1.60 bits per heavy atom. The highest BCUT2D eigenvalue weighted by molar-refractivity contribution is 9.23. The lowest BCUT2D eigenvalue weighted by Gasteiger charge is -2.46. The summed E-state index contributed by atoms with van der Waals surface area (Å²) < 4.78 is 0.884. The van der Waals surface area contributed by atoms with Crippen LogP contribution >= 0.6 is 12.9 Å². The molecule has 3 rings (SSSR count). The van der Waals surface area contributed by atoms with Gasteiger partial charge in [0.25, 0.3) is 0 Å². The molecule has 2 heteroatoms. The maximum absolute atomic E-state index is 3.79. The molecule has 0 nitrogen and oxygen atoms in total. The molecule has 3 aliphatic carbocycles. The van der Waals surface area contributed by atoms with Crippen molar-refractivity contribution in [2.24, 2.45) is 5.92 Å². The van der Waals surface area contributed by atoms with E-state index in [2.05, 4.69) is 12.9 Å². The molecule has 0 aromatic carbocycles. The van der Waals surface area contributed by atoms with Gasteiger partial charge in [0.2, 0.25) is 0 Å². The van der Waals surface area contributed by atoms with Crippen LogP contribution in [0.15, 0.2) is 0 Å². The zero-order valence-electron chi connectivity index (χ0n) is 6.41. The lowest BCUT2D eigenvalue weighted by molar-refractivity contribution is 0.190. The van der Waals surface area contributed by atoms with Gasteiger partial charge in [-0.3, -0.25) is 0 Å². The fourth-order valence-corrected chi connectivity index (χ4v) is 6.08. The zero-order chi connectivity index (χ0) is 7.03. The minimum atomic E-state index is 0.112. The molecule has 0 aliphatic heterocycles. The Bertz CT molecular complexity index is 113. The van der Waals surface area contributed by atoms with Crippen LogP contribution in [-0.2, 0) is 0 Å². The molecule has 0 atom stereocenters. The first-order chi connectivity index (χ1) is 4.85. The molecule has 0 heterocycles. The summed E-state index contributed by atoms with van der Waals surface area (Å²) in [6.07, 6.45) is 9.36. The van der Waals surface area contributed by atoms with E-state index in [9.17, 15) is 0 Å². The first-order valence-corrected chi connectivity index (χ1v) is 9.01. The monoisotopic (exact) mass is 212 g/mol. The van der Waals surface area contributed by atoms with E-state index in [0.29, 0.717) is 0 Å². The minimum absolute atomic E-state index is 0.112. The Balaban J connectivity index is 2.08. The topological polar surface area (TPSA) is 0 Å². The molecule has 54 valence electrons. The van der Waals surface area contributed by atoms with E-state index in [1.165, 1.54) is 0 Å². The average Bonchev–Trinajstić information content (AvgIpc) is 2.08. The second-order valence-electron chi connectivity index (χ2n) is 4.12. The van der Waals surface area contributed by atoms with Crippen LogP contribution in [0.4, 0.5) is 0 Å². The molecule has 0 amide bonds. The third-order valence-electron chi connectivity index (χ3n) is 3.53. The van der Waals surface area contributed by atoms with Crippen LogP contribution in [0.5, 0.6) is 0 Å². The largest absolute Gasteiger partial charge is 0.475 e. The summed E-state index contributed by atoms with van der Waals surface area (Å²) in [6, 6.07) is 0. The van der Waals surface area contributed by atoms with Crippen molar-refractivity contribution in [1.82, 2.24) is 0 Å². The molecule has 0 aromatic rings. The van der Waals surface area contributed by atoms with E-state index in [0.717, 1.165) is 9.46 Å². The number of fused-ring (bicyclic) bond motifs is 3. The smallest absolute Gasteiger partial charge is 0.306 e. The van der Waals surface area contributed by atoms with Gasteiger partial charge in [0.15, 0.2) is 0 Å². The standard InChI is InChI=1S/C8H13.BrH.Mg/c1-2-8-5-3-7(1)4-6-8;;/h7H,1-6H2;1H;/q;;+1/p-1. The summed E-state index contributed by atoms with van der Waals surface area (Å²) in [4.78, 5) is 0. The third-order valence-corrected chi connectivity index (χ3v) is 8.73. The van der Waals surface area contributed by atoms with Crippen LogP contribution < -0.4 is 0 Å².